The highest BCUT2D eigenvalue weighted by molar-refractivity contribution is 7.10. The minimum absolute atomic E-state index is 0.114. The van der Waals surface area contributed by atoms with Crippen molar-refractivity contribution in [2.24, 2.45) is 15.9 Å². The first-order valence-corrected chi connectivity index (χ1v) is 10.7. The van der Waals surface area contributed by atoms with Crippen molar-refractivity contribution in [3.05, 3.63) is 34.2 Å². The van der Waals surface area contributed by atoms with Gasteiger partial charge in [0.05, 0.1) is 18.0 Å². The predicted octanol–water partition coefficient (Wildman–Crippen LogP) is 3.38. The third kappa shape index (κ3) is 3.44. The second kappa shape index (κ2) is 7.09. The number of rotatable bonds is 4. The molecular weight excluding hydrogens is 374 g/mol. The molecule has 2 amide bonds. The van der Waals surface area contributed by atoms with Crippen LogP contribution in [-0.2, 0) is 16.0 Å². The first kappa shape index (κ1) is 17.5. The van der Waals surface area contributed by atoms with Crippen LogP contribution in [0, 0.1) is 5.92 Å². The highest BCUT2D eigenvalue weighted by Crippen LogP contribution is 2.40. The Hall–Kier alpha value is -2.61. The molecule has 144 valence electrons. The van der Waals surface area contributed by atoms with Crippen molar-refractivity contribution in [3.63, 3.8) is 0 Å². The molecule has 2 aromatic rings. The quantitative estimate of drug-likeness (QED) is 0.861. The van der Waals surface area contributed by atoms with Crippen LogP contribution in [-0.4, -0.2) is 33.3 Å². The molecule has 28 heavy (non-hydrogen) atoms. The largest absolute Gasteiger partial charge is 0.310 e. The van der Waals surface area contributed by atoms with Crippen LogP contribution in [0.4, 0.5) is 5.82 Å². The number of hydrogen-bond acceptors (Lipinski definition) is 5. The van der Waals surface area contributed by atoms with Gasteiger partial charge in [-0.2, -0.15) is 14.8 Å². The van der Waals surface area contributed by atoms with Crippen LogP contribution in [0.3, 0.4) is 0 Å². The van der Waals surface area contributed by atoms with Gasteiger partial charge in [-0.25, -0.2) is 4.99 Å². The van der Waals surface area contributed by atoms with Gasteiger partial charge in [0.2, 0.25) is 5.91 Å². The van der Waals surface area contributed by atoms with Crippen LogP contribution in [0.25, 0.3) is 0 Å². The molecule has 2 saturated carbocycles. The van der Waals surface area contributed by atoms with E-state index in [1.165, 1.54) is 4.68 Å². The molecule has 3 heterocycles. The van der Waals surface area contributed by atoms with E-state index in [0.717, 1.165) is 54.8 Å². The Morgan fingerprint density at radius 1 is 1.25 bits per heavy atom. The van der Waals surface area contributed by atoms with Crippen molar-refractivity contribution < 1.29 is 9.59 Å². The van der Waals surface area contributed by atoms with Crippen LogP contribution >= 0.6 is 11.3 Å². The zero-order chi connectivity index (χ0) is 19.1. The van der Waals surface area contributed by atoms with Crippen molar-refractivity contribution >= 4 is 40.6 Å². The number of fused-ring (bicyclic) bond motifs is 1. The molecule has 1 aliphatic heterocycles. The molecule has 0 bridgehead atoms. The molecule has 0 aromatic carbocycles. The first-order valence-electron chi connectivity index (χ1n) is 9.80. The minimum atomic E-state index is -0.173. The maximum Gasteiger partial charge on any atom is 0.257 e. The molecule has 2 fully saturated rings. The van der Waals surface area contributed by atoms with Crippen LogP contribution in [0.5, 0.6) is 0 Å². The van der Waals surface area contributed by atoms with E-state index in [2.05, 4.69) is 20.4 Å². The van der Waals surface area contributed by atoms with Crippen LogP contribution in [0.15, 0.2) is 33.6 Å². The summed E-state index contributed by atoms with van der Waals surface area (Å²) in [5.41, 5.74) is 1.83. The fraction of sp³-hybridized carbons (Fsp3) is 0.450. The number of carbonyl (C=O) groups is 2. The van der Waals surface area contributed by atoms with Crippen molar-refractivity contribution in [1.82, 2.24) is 9.78 Å². The van der Waals surface area contributed by atoms with E-state index in [9.17, 15) is 9.59 Å². The van der Waals surface area contributed by atoms with Gasteiger partial charge < -0.3 is 5.32 Å². The summed E-state index contributed by atoms with van der Waals surface area (Å²) in [4.78, 5) is 34.9. The van der Waals surface area contributed by atoms with Gasteiger partial charge in [-0.05, 0) is 43.6 Å². The number of nitrogens with one attached hydrogen (secondary N) is 1. The van der Waals surface area contributed by atoms with Crippen LogP contribution in [0.1, 0.15) is 55.0 Å². The van der Waals surface area contributed by atoms with Crippen molar-refractivity contribution in [3.8, 4) is 0 Å². The van der Waals surface area contributed by atoms with Gasteiger partial charge in [-0.3, -0.25) is 9.59 Å². The van der Waals surface area contributed by atoms with Gasteiger partial charge in [-0.15, -0.1) is 11.3 Å². The highest BCUT2D eigenvalue weighted by Gasteiger charge is 2.33. The first-order chi connectivity index (χ1) is 13.7. The average Bonchev–Trinajstić information content (AvgIpc) is 3.26. The number of anilines is 1. The molecule has 0 saturated heterocycles. The summed E-state index contributed by atoms with van der Waals surface area (Å²) in [6.07, 6.45) is 6.25. The maximum atomic E-state index is 12.5. The predicted molar refractivity (Wildman–Crippen MR) is 108 cm³/mol. The molecule has 2 aliphatic carbocycles. The Balaban J connectivity index is 1.44. The molecule has 3 aliphatic rings. The van der Waals surface area contributed by atoms with E-state index in [1.54, 1.807) is 11.3 Å². The third-order valence-corrected chi connectivity index (χ3v) is 6.30. The van der Waals surface area contributed by atoms with Crippen molar-refractivity contribution in [2.45, 2.75) is 50.9 Å². The molecular formula is C20H21N5O2S. The fourth-order valence-electron chi connectivity index (χ4n) is 3.80. The smallest absolute Gasteiger partial charge is 0.257 e. The lowest BCUT2D eigenvalue weighted by Crippen LogP contribution is -2.33. The lowest BCUT2D eigenvalue weighted by atomic mass is 9.86. The Kier molecular flexibility index (Phi) is 4.43. The molecule has 1 N–H and O–H groups in total. The number of aliphatic imine (C=N–C) groups is 2. The van der Waals surface area contributed by atoms with Gasteiger partial charge >= 0.3 is 0 Å². The van der Waals surface area contributed by atoms with Gasteiger partial charge in [0.25, 0.3) is 11.9 Å². The summed E-state index contributed by atoms with van der Waals surface area (Å²) in [5.74, 6) is 0.804. The van der Waals surface area contributed by atoms with Gasteiger partial charge in [0.1, 0.15) is 5.82 Å². The monoisotopic (exact) mass is 395 g/mol. The van der Waals surface area contributed by atoms with E-state index < -0.39 is 0 Å². The van der Waals surface area contributed by atoms with Gasteiger partial charge in [0.15, 0.2) is 0 Å². The Morgan fingerprint density at radius 2 is 2.14 bits per heavy atom. The Labute approximate surface area is 166 Å². The van der Waals surface area contributed by atoms with Crippen LogP contribution in [0.2, 0.25) is 0 Å². The lowest BCUT2D eigenvalue weighted by Gasteiger charge is -2.24. The summed E-state index contributed by atoms with van der Waals surface area (Å²) in [5, 5.41) is 9.53. The molecule has 0 radical (unpaired) electrons. The molecule has 7 nitrogen and oxygen atoms in total. The zero-order valence-corrected chi connectivity index (χ0v) is 16.2. The van der Waals surface area contributed by atoms with E-state index in [4.69, 9.17) is 0 Å². The molecule has 0 spiro atoms. The Morgan fingerprint density at radius 3 is 2.93 bits per heavy atom. The molecule has 1 atom stereocenters. The van der Waals surface area contributed by atoms with E-state index in [1.807, 2.05) is 23.6 Å². The number of amides is 2. The highest BCUT2D eigenvalue weighted by atomic mass is 32.1. The van der Waals surface area contributed by atoms with Crippen LogP contribution < -0.4 is 5.32 Å². The van der Waals surface area contributed by atoms with E-state index in [0.29, 0.717) is 18.2 Å². The van der Waals surface area contributed by atoms with Crippen molar-refractivity contribution in [1.29, 1.82) is 0 Å². The van der Waals surface area contributed by atoms with E-state index in [-0.39, 0.29) is 23.7 Å². The number of thiophene rings is 1. The summed E-state index contributed by atoms with van der Waals surface area (Å²) in [6.45, 7) is 0. The lowest BCUT2D eigenvalue weighted by molar-refractivity contribution is -0.120. The second-order valence-electron chi connectivity index (χ2n) is 7.60. The fourth-order valence-corrected chi connectivity index (χ4v) is 4.50. The summed E-state index contributed by atoms with van der Waals surface area (Å²) >= 11 is 1.55. The molecule has 2 aromatic heterocycles. The number of hydrogen-bond donors (Lipinski definition) is 1. The number of nitrogens with zero attached hydrogens (tertiary/aromatic N) is 4. The van der Waals surface area contributed by atoms with E-state index >= 15 is 0 Å². The SMILES string of the molecule is O=C(Cc1cccs1)Nc1cc(C2CC2)nn1C1=NC(=O)C2CCCCC2=N1. The van der Waals surface area contributed by atoms with Gasteiger partial charge in [-0.1, -0.05) is 12.5 Å². The summed E-state index contributed by atoms with van der Waals surface area (Å²) in [6, 6.07) is 5.77. The second-order valence-corrected chi connectivity index (χ2v) is 8.63. The summed E-state index contributed by atoms with van der Waals surface area (Å²) < 4.78 is 1.54. The van der Waals surface area contributed by atoms with Crippen molar-refractivity contribution in [2.75, 3.05) is 5.32 Å². The molecule has 1 unspecified atom stereocenters. The Bertz CT molecular complexity index is 984. The topological polar surface area (TPSA) is 88.7 Å². The van der Waals surface area contributed by atoms with Gasteiger partial charge in [0, 0.05) is 22.6 Å². The normalized spacial score (nSPS) is 21.7. The number of carbonyl (C=O) groups excluding carboxylic acids is 2. The molecule has 5 rings (SSSR count). The minimum Gasteiger partial charge on any atom is -0.310 e. The third-order valence-electron chi connectivity index (χ3n) is 5.43. The molecule has 8 heteroatoms. The summed E-state index contributed by atoms with van der Waals surface area (Å²) in [7, 11) is 0. The number of aromatic nitrogens is 2. The zero-order valence-electron chi connectivity index (χ0n) is 15.4. The average molecular weight is 395 g/mol. The maximum absolute atomic E-state index is 12.5. The standard InChI is InChI=1S/C20H21N5O2S/c26-18(10-13-4-3-9-28-13)22-17-11-16(12-7-8-12)24-25(17)20-21-15-6-2-1-5-14(15)19(27)23-20/h3-4,9,11-12,14H,1-2,5-8,10H2,(H,22,26).